The molecule has 0 atom stereocenters. The van der Waals surface area contributed by atoms with Crippen molar-refractivity contribution in [1.82, 2.24) is 10.1 Å². The molecular formula is C15H10F3N3O. The lowest BCUT2D eigenvalue weighted by Crippen LogP contribution is -2.01. The van der Waals surface area contributed by atoms with Gasteiger partial charge in [-0.15, -0.1) is 0 Å². The number of hydrogen-bond acceptors (Lipinski definition) is 4. The first-order valence-electron chi connectivity index (χ1n) is 6.36. The minimum atomic E-state index is -1.34. The van der Waals surface area contributed by atoms with Crippen LogP contribution in [0, 0.1) is 17.5 Å². The van der Waals surface area contributed by atoms with Gasteiger partial charge in [-0.2, -0.15) is 4.98 Å². The van der Waals surface area contributed by atoms with Gasteiger partial charge in [0.05, 0.1) is 5.56 Å². The van der Waals surface area contributed by atoms with Crippen molar-refractivity contribution in [2.24, 2.45) is 0 Å². The topological polar surface area (TPSA) is 51.0 Å². The Morgan fingerprint density at radius 1 is 1.05 bits per heavy atom. The van der Waals surface area contributed by atoms with Crippen molar-refractivity contribution in [2.45, 2.75) is 0 Å². The highest BCUT2D eigenvalue weighted by atomic mass is 19.2. The molecule has 7 heteroatoms. The largest absolute Gasteiger partial charge is 0.383 e. The van der Waals surface area contributed by atoms with E-state index in [1.165, 1.54) is 7.05 Å². The van der Waals surface area contributed by atoms with E-state index < -0.39 is 28.7 Å². The zero-order chi connectivity index (χ0) is 15.7. The molecule has 0 aliphatic heterocycles. The highest BCUT2D eigenvalue weighted by Crippen LogP contribution is 2.31. The Bertz CT molecular complexity index is 818. The Kier molecular flexibility index (Phi) is 3.54. The van der Waals surface area contributed by atoms with Crippen LogP contribution in [0.4, 0.5) is 18.9 Å². The first-order valence-corrected chi connectivity index (χ1v) is 6.36. The molecule has 0 aliphatic carbocycles. The molecular weight excluding hydrogens is 295 g/mol. The van der Waals surface area contributed by atoms with E-state index in [1.54, 1.807) is 24.3 Å². The summed E-state index contributed by atoms with van der Waals surface area (Å²) >= 11 is 0. The van der Waals surface area contributed by atoms with Crippen LogP contribution in [0.2, 0.25) is 0 Å². The Balaban J connectivity index is 2.08. The van der Waals surface area contributed by atoms with E-state index in [1.807, 2.05) is 6.07 Å². The van der Waals surface area contributed by atoms with Gasteiger partial charge in [0, 0.05) is 12.6 Å². The lowest BCUT2D eigenvalue weighted by Gasteiger charge is -2.06. The van der Waals surface area contributed by atoms with Crippen molar-refractivity contribution in [3.63, 3.8) is 0 Å². The van der Waals surface area contributed by atoms with E-state index in [9.17, 15) is 13.2 Å². The molecule has 0 saturated carbocycles. The summed E-state index contributed by atoms with van der Waals surface area (Å²) in [7, 11) is 1.29. The van der Waals surface area contributed by atoms with Crippen LogP contribution in [0.1, 0.15) is 0 Å². The average Bonchev–Trinajstić information content (AvgIpc) is 3.02. The van der Waals surface area contributed by atoms with Gasteiger partial charge in [-0.25, -0.2) is 13.2 Å². The molecule has 4 nitrogen and oxygen atoms in total. The van der Waals surface area contributed by atoms with E-state index in [0.717, 1.165) is 6.07 Å². The molecule has 3 aromatic rings. The fraction of sp³-hybridized carbons (Fsp3) is 0.0667. The molecule has 0 unspecified atom stereocenters. The van der Waals surface area contributed by atoms with Crippen molar-refractivity contribution in [2.75, 3.05) is 12.4 Å². The average molecular weight is 305 g/mol. The smallest absolute Gasteiger partial charge is 0.261 e. The number of anilines is 1. The Hall–Kier alpha value is -2.83. The molecule has 0 bridgehead atoms. The summed E-state index contributed by atoms with van der Waals surface area (Å²) in [6, 6.07) is 9.63. The second-order valence-corrected chi connectivity index (χ2v) is 4.45. The lowest BCUT2D eigenvalue weighted by atomic mass is 10.1. The number of rotatable bonds is 3. The third kappa shape index (κ3) is 2.30. The van der Waals surface area contributed by atoms with Crippen LogP contribution >= 0.6 is 0 Å². The maximum Gasteiger partial charge on any atom is 0.261 e. The molecule has 22 heavy (non-hydrogen) atoms. The van der Waals surface area contributed by atoms with Gasteiger partial charge >= 0.3 is 0 Å². The van der Waals surface area contributed by atoms with Gasteiger partial charge in [0.15, 0.2) is 11.6 Å². The lowest BCUT2D eigenvalue weighted by molar-refractivity contribution is 0.426. The van der Waals surface area contributed by atoms with Crippen LogP contribution in [-0.4, -0.2) is 17.2 Å². The van der Waals surface area contributed by atoms with E-state index in [-0.39, 0.29) is 11.7 Å². The van der Waals surface area contributed by atoms with Crippen LogP contribution in [0.25, 0.3) is 22.8 Å². The third-order valence-electron chi connectivity index (χ3n) is 3.10. The molecule has 0 spiro atoms. The number of hydrogen-bond donors (Lipinski definition) is 1. The summed E-state index contributed by atoms with van der Waals surface area (Å²) in [6.07, 6.45) is 0. The van der Waals surface area contributed by atoms with Crippen molar-refractivity contribution in [3.8, 4) is 22.8 Å². The van der Waals surface area contributed by atoms with Crippen molar-refractivity contribution in [3.05, 3.63) is 53.8 Å². The summed E-state index contributed by atoms with van der Waals surface area (Å²) in [6.45, 7) is 0. The van der Waals surface area contributed by atoms with Gasteiger partial charge in [0.25, 0.3) is 5.89 Å². The van der Waals surface area contributed by atoms with Crippen LogP contribution in [-0.2, 0) is 0 Å². The molecule has 112 valence electrons. The molecule has 0 saturated heterocycles. The normalized spacial score (nSPS) is 10.7. The predicted molar refractivity (Wildman–Crippen MR) is 74.6 cm³/mol. The monoisotopic (exact) mass is 305 g/mol. The van der Waals surface area contributed by atoms with Gasteiger partial charge in [-0.1, -0.05) is 35.5 Å². The molecule has 1 aromatic heterocycles. The fourth-order valence-corrected chi connectivity index (χ4v) is 2.02. The summed E-state index contributed by atoms with van der Waals surface area (Å²) in [5.41, 5.74) is -0.335. The fourth-order valence-electron chi connectivity index (χ4n) is 2.02. The molecule has 0 fully saturated rings. The quantitative estimate of drug-likeness (QED) is 0.746. The van der Waals surface area contributed by atoms with Crippen molar-refractivity contribution < 1.29 is 17.7 Å². The van der Waals surface area contributed by atoms with E-state index in [4.69, 9.17) is 4.52 Å². The highest BCUT2D eigenvalue weighted by Gasteiger charge is 2.22. The molecule has 3 rings (SSSR count). The SMILES string of the molecule is CNc1c(F)cc(-c2nc(-c3ccccc3)no2)c(F)c1F. The molecule has 1 N–H and O–H groups in total. The number of nitrogens with zero attached hydrogens (tertiary/aromatic N) is 2. The molecule has 0 aliphatic rings. The number of halogens is 3. The van der Waals surface area contributed by atoms with Crippen LogP contribution in [0.5, 0.6) is 0 Å². The molecule has 1 heterocycles. The van der Waals surface area contributed by atoms with Crippen molar-refractivity contribution >= 4 is 5.69 Å². The van der Waals surface area contributed by atoms with Gasteiger partial charge in [0.2, 0.25) is 5.82 Å². The van der Waals surface area contributed by atoms with Gasteiger partial charge in [0.1, 0.15) is 11.5 Å². The van der Waals surface area contributed by atoms with Crippen LogP contribution < -0.4 is 5.32 Å². The summed E-state index contributed by atoms with van der Waals surface area (Å²) in [5, 5.41) is 5.95. The van der Waals surface area contributed by atoms with Gasteiger partial charge < -0.3 is 9.84 Å². The second kappa shape index (κ2) is 5.51. The van der Waals surface area contributed by atoms with E-state index in [0.29, 0.717) is 5.56 Å². The Morgan fingerprint density at radius 2 is 1.77 bits per heavy atom. The zero-order valence-electron chi connectivity index (χ0n) is 11.4. The van der Waals surface area contributed by atoms with Crippen LogP contribution in [0.15, 0.2) is 40.9 Å². The van der Waals surface area contributed by atoms with Gasteiger partial charge in [-0.05, 0) is 6.07 Å². The first-order chi connectivity index (χ1) is 10.6. The third-order valence-corrected chi connectivity index (χ3v) is 3.10. The Labute approximate surface area is 123 Å². The molecule has 2 aromatic carbocycles. The maximum atomic E-state index is 14.0. The van der Waals surface area contributed by atoms with E-state index >= 15 is 0 Å². The number of benzene rings is 2. The summed E-state index contributed by atoms with van der Waals surface area (Å²) in [4.78, 5) is 3.98. The van der Waals surface area contributed by atoms with Gasteiger partial charge in [-0.3, -0.25) is 0 Å². The molecule has 0 radical (unpaired) electrons. The van der Waals surface area contributed by atoms with Crippen LogP contribution in [0.3, 0.4) is 0 Å². The number of aromatic nitrogens is 2. The standard InChI is InChI=1S/C15H10F3N3O/c1-19-13-10(16)7-9(11(17)12(13)18)15-20-14(21-22-15)8-5-3-2-4-6-8/h2-7,19H,1H3. The second-order valence-electron chi connectivity index (χ2n) is 4.45. The predicted octanol–water partition coefficient (Wildman–Crippen LogP) is 3.86. The zero-order valence-corrected chi connectivity index (χ0v) is 11.4. The molecule has 0 amide bonds. The minimum absolute atomic E-state index is 0.202. The summed E-state index contributed by atoms with van der Waals surface area (Å²) in [5.74, 6) is -3.63. The number of nitrogens with one attached hydrogen (secondary N) is 1. The first kappa shape index (κ1) is 14.1. The summed E-state index contributed by atoms with van der Waals surface area (Å²) < 4.78 is 46.5. The van der Waals surface area contributed by atoms with Crippen molar-refractivity contribution in [1.29, 1.82) is 0 Å². The Morgan fingerprint density at radius 3 is 2.45 bits per heavy atom. The minimum Gasteiger partial charge on any atom is -0.383 e. The maximum absolute atomic E-state index is 14.0. The van der Waals surface area contributed by atoms with E-state index in [2.05, 4.69) is 15.5 Å². The highest BCUT2D eigenvalue weighted by molar-refractivity contribution is 5.63.